The SMILES string of the molecule is Nc1nc(Sc2nncs2)c2ccccc2n1. The van der Waals surface area contributed by atoms with Gasteiger partial charge in [0.1, 0.15) is 10.5 Å². The van der Waals surface area contributed by atoms with Crippen molar-refractivity contribution >= 4 is 39.9 Å². The number of rotatable bonds is 2. The summed E-state index contributed by atoms with van der Waals surface area (Å²) in [6.45, 7) is 0. The first kappa shape index (κ1) is 10.4. The van der Waals surface area contributed by atoms with Gasteiger partial charge in [0.15, 0.2) is 4.34 Å². The van der Waals surface area contributed by atoms with Crippen LogP contribution in [0.2, 0.25) is 0 Å². The van der Waals surface area contributed by atoms with Gasteiger partial charge >= 0.3 is 0 Å². The molecular weight excluding hydrogens is 254 g/mol. The molecule has 0 radical (unpaired) electrons. The number of benzene rings is 1. The molecule has 0 atom stereocenters. The molecule has 0 aliphatic carbocycles. The lowest BCUT2D eigenvalue weighted by atomic mass is 10.2. The lowest BCUT2D eigenvalue weighted by Gasteiger charge is -2.03. The van der Waals surface area contributed by atoms with Crippen LogP contribution in [0.4, 0.5) is 5.95 Å². The van der Waals surface area contributed by atoms with Gasteiger partial charge in [0.25, 0.3) is 0 Å². The summed E-state index contributed by atoms with van der Waals surface area (Å²) in [7, 11) is 0. The van der Waals surface area contributed by atoms with Crippen molar-refractivity contribution in [2.75, 3.05) is 5.73 Å². The first-order valence-corrected chi connectivity index (χ1v) is 6.49. The number of nitrogens with zero attached hydrogens (tertiary/aromatic N) is 4. The summed E-state index contributed by atoms with van der Waals surface area (Å²) in [5.74, 6) is 0.274. The smallest absolute Gasteiger partial charge is 0.221 e. The van der Waals surface area contributed by atoms with Crippen molar-refractivity contribution in [2.24, 2.45) is 0 Å². The number of hydrogen-bond donors (Lipinski definition) is 1. The Labute approximate surface area is 105 Å². The monoisotopic (exact) mass is 261 g/mol. The Hall–Kier alpha value is -1.73. The second-order valence-corrected chi connectivity index (χ2v) is 5.28. The second-order valence-electron chi connectivity index (χ2n) is 3.21. The Balaban J connectivity index is 2.14. The van der Waals surface area contributed by atoms with Crippen LogP contribution in [0, 0.1) is 0 Å². The van der Waals surface area contributed by atoms with E-state index >= 15 is 0 Å². The van der Waals surface area contributed by atoms with Gasteiger partial charge in [-0.2, -0.15) is 0 Å². The molecule has 3 rings (SSSR count). The molecule has 0 fully saturated rings. The van der Waals surface area contributed by atoms with Gasteiger partial charge in [0, 0.05) is 5.39 Å². The van der Waals surface area contributed by atoms with E-state index < -0.39 is 0 Å². The molecule has 0 aliphatic heterocycles. The third kappa shape index (κ3) is 2.06. The van der Waals surface area contributed by atoms with E-state index in [0.717, 1.165) is 20.3 Å². The number of anilines is 1. The van der Waals surface area contributed by atoms with Gasteiger partial charge < -0.3 is 5.73 Å². The largest absolute Gasteiger partial charge is 0.368 e. The molecule has 2 heterocycles. The fraction of sp³-hybridized carbons (Fsp3) is 0. The number of nitrogens with two attached hydrogens (primary N) is 1. The molecule has 1 aromatic carbocycles. The lowest BCUT2D eigenvalue weighted by molar-refractivity contribution is 1.01. The average Bonchev–Trinajstić information content (AvgIpc) is 2.81. The van der Waals surface area contributed by atoms with Crippen LogP contribution < -0.4 is 5.73 Å². The summed E-state index contributed by atoms with van der Waals surface area (Å²) in [4.78, 5) is 8.43. The van der Waals surface area contributed by atoms with E-state index in [9.17, 15) is 0 Å². The van der Waals surface area contributed by atoms with E-state index in [1.165, 1.54) is 23.1 Å². The summed E-state index contributed by atoms with van der Waals surface area (Å²) < 4.78 is 0.841. The van der Waals surface area contributed by atoms with E-state index in [1.807, 2.05) is 24.3 Å². The van der Waals surface area contributed by atoms with Crippen LogP contribution >= 0.6 is 23.1 Å². The zero-order chi connectivity index (χ0) is 11.7. The Kier molecular flexibility index (Phi) is 2.62. The fourth-order valence-corrected chi connectivity index (χ4v) is 2.94. The molecule has 3 aromatic rings. The number of nitrogen functional groups attached to an aromatic ring is 1. The minimum Gasteiger partial charge on any atom is -0.368 e. The van der Waals surface area contributed by atoms with Crippen molar-refractivity contribution in [3.63, 3.8) is 0 Å². The molecule has 0 bridgehead atoms. The summed E-state index contributed by atoms with van der Waals surface area (Å²) in [6.07, 6.45) is 0. The number of hydrogen-bond acceptors (Lipinski definition) is 7. The molecule has 0 amide bonds. The van der Waals surface area contributed by atoms with Gasteiger partial charge in [0.2, 0.25) is 5.95 Å². The molecule has 0 unspecified atom stereocenters. The van der Waals surface area contributed by atoms with Gasteiger partial charge in [0.05, 0.1) is 5.52 Å². The van der Waals surface area contributed by atoms with E-state index in [2.05, 4.69) is 20.2 Å². The van der Waals surface area contributed by atoms with Crippen LogP contribution in [0.1, 0.15) is 0 Å². The van der Waals surface area contributed by atoms with E-state index in [1.54, 1.807) is 5.51 Å². The molecule has 0 saturated heterocycles. The van der Waals surface area contributed by atoms with Crippen LogP contribution in [0.5, 0.6) is 0 Å². The Morgan fingerprint density at radius 2 is 2.06 bits per heavy atom. The van der Waals surface area contributed by atoms with E-state index in [4.69, 9.17) is 5.73 Å². The van der Waals surface area contributed by atoms with Gasteiger partial charge in [-0.25, -0.2) is 9.97 Å². The third-order valence-corrected chi connectivity index (χ3v) is 3.89. The number of fused-ring (bicyclic) bond motifs is 1. The quantitative estimate of drug-likeness (QED) is 0.713. The summed E-state index contributed by atoms with van der Waals surface area (Å²) in [6, 6.07) is 7.76. The summed E-state index contributed by atoms with van der Waals surface area (Å²) in [5, 5.41) is 9.56. The average molecular weight is 261 g/mol. The number of para-hydroxylation sites is 1. The van der Waals surface area contributed by atoms with Crippen molar-refractivity contribution < 1.29 is 0 Å². The molecule has 17 heavy (non-hydrogen) atoms. The summed E-state index contributed by atoms with van der Waals surface area (Å²) in [5.41, 5.74) is 8.21. The molecule has 84 valence electrons. The molecule has 7 heteroatoms. The highest BCUT2D eigenvalue weighted by atomic mass is 32.2. The van der Waals surface area contributed by atoms with Crippen molar-refractivity contribution in [1.29, 1.82) is 0 Å². The molecule has 0 aliphatic rings. The Bertz CT molecular complexity index is 653. The fourth-order valence-electron chi connectivity index (χ4n) is 1.43. The first-order chi connectivity index (χ1) is 8.33. The zero-order valence-electron chi connectivity index (χ0n) is 8.57. The molecule has 5 nitrogen and oxygen atoms in total. The van der Waals surface area contributed by atoms with E-state index in [-0.39, 0.29) is 5.95 Å². The van der Waals surface area contributed by atoms with Crippen LogP contribution in [-0.4, -0.2) is 20.2 Å². The van der Waals surface area contributed by atoms with Crippen molar-refractivity contribution in [2.45, 2.75) is 9.37 Å². The molecule has 0 saturated carbocycles. The highest BCUT2D eigenvalue weighted by Crippen LogP contribution is 2.32. The minimum absolute atomic E-state index is 0.274. The zero-order valence-corrected chi connectivity index (χ0v) is 10.2. The maximum absolute atomic E-state index is 5.69. The van der Waals surface area contributed by atoms with Gasteiger partial charge in [-0.3, -0.25) is 0 Å². The van der Waals surface area contributed by atoms with Crippen molar-refractivity contribution in [3.8, 4) is 0 Å². The maximum atomic E-state index is 5.69. The van der Waals surface area contributed by atoms with Crippen LogP contribution in [0.3, 0.4) is 0 Å². The van der Waals surface area contributed by atoms with Crippen LogP contribution in [0.25, 0.3) is 10.9 Å². The Morgan fingerprint density at radius 1 is 1.18 bits per heavy atom. The lowest BCUT2D eigenvalue weighted by Crippen LogP contribution is -1.96. The standard InChI is InChI=1S/C10H7N5S2/c11-9-13-7-4-2-1-3-6(7)8(14-9)17-10-15-12-5-16-10/h1-5H,(H2,11,13,14). The normalized spacial score (nSPS) is 10.8. The highest BCUT2D eigenvalue weighted by molar-refractivity contribution is 8.01. The third-order valence-electron chi connectivity index (χ3n) is 2.11. The molecule has 2 aromatic heterocycles. The maximum Gasteiger partial charge on any atom is 0.221 e. The highest BCUT2D eigenvalue weighted by Gasteiger charge is 2.09. The predicted octanol–water partition coefficient (Wildman–Crippen LogP) is 2.21. The second kappa shape index (κ2) is 4.27. The molecular formula is C10H7N5S2. The van der Waals surface area contributed by atoms with Gasteiger partial charge in [-0.1, -0.05) is 29.5 Å². The number of aromatic nitrogens is 4. The minimum atomic E-state index is 0.274. The van der Waals surface area contributed by atoms with Crippen LogP contribution in [-0.2, 0) is 0 Å². The van der Waals surface area contributed by atoms with Crippen LogP contribution in [0.15, 0.2) is 39.1 Å². The molecule has 0 spiro atoms. The van der Waals surface area contributed by atoms with Crippen molar-refractivity contribution in [3.05, 3.63) is 29.8 Å². The van der Waals surface area contributed by atoms with E-state index in [0.29, 0.717) is 0 Å². The molecule has 2 N–H and O–H groups in total. The topological polar surface area (TPSA) is 77.6 Å². The van der Waals surface area contributed by atoms with Gasteiger partial charge in [-0.05, 0) is 17.8 Å². The first-order valence-electron chi connectivity index (χ1n) is 4.79. The van der Waals surface area contributed by atoms with Gasteiger partial charge in [-0.15, -0.1) is 10.2 Å². The van der Waals surface area contributed by atoms with Crippen molar-refractivity contribution in [1.82, 2.24) is 20.2 Å². The Morgan fingerprint density at radius 3 is 2.88 bits per heavy atom. The summed E-state index contributed by atoms with van der Waals surface area (Å²) >= 11 is 2.92. The predicted molar refractivity (Wildman–Crippen MR) is 68.0 cm³/mol.